The predicted molar refractivity (Wildman–Crippen MR) is 512 cm³/mol. The van der Waals surface area contributed by atoms with Gasteiger partial charge in [-0.25, -0.2) is 9.59 Å². The van der Waals surface area contributed by atoms with Gasteiger partial charge in [-0.2, -0.15) is 39.5 Å². The number of carbonyl (C=O) groups excluding carboxylic acids is 9. The average molecular weight is 1930 g/mol. The first-order chi connectivity index (χ1) is 60.3. The lowest BCUT2D eigenvalue weighted by Crippen LogP contribution is -2.45. The number of ether oxygens (including phenoxy) is 9. The third-order valence-corrected chi connectivity index (χ3v) is 28.2. The molecule has 32 heteroatoms. The summed E-state index contributed by atoms with van der Waals surface area (Å²) in [5.41, 5.74) is -6.37. The van der Waals surface area contributed by atoms with Gasteiger partial charge >= 0.3 is 72.5 Å². The number of hydrogen-bond acceptors (Lipinski definition) is 20. The lowest BCUT2D eigenvalue weighted by molar-refractivity contribution is -0.230. The molecule has 3 fully saturated rings. The Labute approximate surface area is 794 Å². The van der Waals surface area contributed by atoms with E-state index < -0.39 is 89.4 Å². The smallest absolute Gasteiger partial charge is 0.425 e. The van der Waals surface area contributed by atoms with Crippen molar-refractivity contribution >= 4 is 62.0 Å². The first kappa shape index (κ1) is 135. The van der Waals surface area contributed by atoms with Crippen molar-refractivity contribution in [3.63, 3.8) is 0 Å². The SMILES string of the molecule is CCC(C)(C)C(=O)OC(C)C(F)(F)F.CCC(C)(C)C(=O)OC(C)C(F)(F)F.CCC(C)(C)OC(=O)N1CCC(OC(=O)C(C)(C)CC)CC1.CCC(C)C[Si](C)(C)C.CCC1(OC(=O)N2CCC(OC(=O)C(C)(C)CC)CC2)CCCC1.CCCCC(CC)COC(=O)C(C)(C)CC.CCN(CC)CCOC(=O)C(C)(C)CC.CCN(CC)CCOC(=O)C(C)(CC)C(F)(F)F. The van der Waals surface area contributed by atoms with E-state index in [4.69, 9.17) is 33.2 Å². The maximum Gasteiger partial charge on any atom is 0.425 e. The van der Waals surface area contributed by atoms with Crippen molar-refractivity contribution in [2.45, 2.75) is 456 Å². The third-order valence-electron chi connectivity index (χ3n) is 26.2. The molecule has 1 aliphatic carbocycles. The molecule has 2 saturated heterocycles. The molecule has 3 rings (SSSR count). The van der Waals surface area contributed by atoms with E-state index in [0.717, 1.165) is 130 Å². The molecule has 0 radical (unpaired) electrons. The van der Waals surface area contributed by atoms with Crippen LogP contribution in [0.3, 0.4) is 0 Å². The lowest BCUT2D eigenvalue weighted by atomic mass is 9.87. The van der Waals surface area contributed by atoms with Crippen LogP contribution in [0.4, 0.5) is 49.1 Å². The first-order valence-electron chi connectivity index (χ1n) is 49.2. The van der Waals surface area contributed by atoms with Crippen molar-refractivity contribution in [2.75, 3.05) is 85.3 Å². The van der Waals surface area contributed by atoms with Crippen LogP contribution in [0.25, 0.3) is 0 Å². The number of carbonyl (C=O) groups is 9. The number of rotatable bonds is 41. The molecule has 22 nitrogen and oxygen atoms in total. The molecule has 0 N–H and O–H groups in total. The van der Waals surface area contributed by atoms with E-state index in [1.165, 1.54) is 38.7 Å². The second-order valence-electron chi connectivity index (χ2n) is 41.2. The molecule has 132 heavy (non-hydrogen) atoms. The molecule has 2 heterocycles. The number of hydrogen-bond donors (Lipinski definition) is 0. The number of esters is 7. The Hall–Kier alpha value is -5.66. The Balaban J connectivity index is -0.000000472. The molecule has 0 bridgehead atoms. The van der Waals surface area contributed by atoms with Crippen LogP contribution in [0, 0.1) is 49.7 Å². The number of likely N-dealkylation sites (tertiary alicyclic amines) is 2. The molecule has 5 unspecified atom stereocenters. The van der Waals surface area contributed by atoms with Gasteiger partial charge in [-0.1, -0.05) is 169 Å². The van der Waals surface area contributed by atoms with Crippen molar-refractivity contribution in [1.29, 1.82) is 0 Å². The maximum atomic E-state index is 12.8. The zero-order chi connectivity index (χ0) is 104. The summed E-state index contributed by atoms with van der Waals surface area (Å²) in [5, 5.41) is 0. The summed E-state index contributed by atoms with van der Waals surface area (Å²) < 4.78 is 157. The van der Waals surface area contributed by atoms with Gasteiger partial charge in [0.2, 0.25) is 0 Å². The van der Waals surface area contributed by atoms with Crippen molar-refractivity contribution in [3.05, 3.63) is 0 Å². The Morgan fingerprint density at radius 2 is 0.742 bits per heavy atom. The normalized spacial score (nSPS) is 16.2. The Bertz CT molecular complexity index is 3160. The van der Waals surface area contributed by atoms with Gasteiger partial charge in [-0.05, 0) is 246 Å². The van der Waals surface area contributed by atoms with Gasteiger partial charge in [0.25, 0.3) is 0 Å². The Morgan fingerprint density at radius 3 is 1.02 bits per heavy atom. The molecule has 2 aliphatic heterocycles. The molecule has 2 amide bonds. The van der Waals surface area contributed by atoms with Crippen LogP contribution in [0.5, 0.6) is 0 Å². The number of unbranched alkanes of at least 4 members (excludes halogenated alkanes) is 1. The molecule has 0 spiro atoms. The Morgan fingerprint density at radius 1 is 0.417 bits per heavy atom. The number of alkyl halides is 9. The summed E-state index contributed by atoms with van der Waals surface area (Å²) in [6.45, 7) is 77.5. The van der Waals surface area contributed by atoms with Crippen LogP contribution < -0.4 is 0 Å². The fourth-order valence-corrected chi connectivity index (χ4v) is 14.0. The highest BCUT2D eigenvalue weighted by molar-refractivity contribution is 6.76. The highest BCUT2D eigenvalue weighted by Crippen LogP contribution is 2.43. The van der Waals surface area contributed by atoms with Crippen LogP contribution in [0.2, 0.25) is 25.7 Å². The van der Waals surface area contributed by atoms with Crippen molar-refractivity contribution in [3.8, 4) is 0 Å². The van der Waals surface area contributed by atoms with Gasteiger partial charge in [-0.15, -0.1) is 0 Å². The van der Waals surface area contributed by atoms with E-state index >= 15 is 0 Å². The topological polar surface area (TPSA) is 250 Å². The maximum absolute atomic E-state index is 12.8. The summed E-state index contributed by atoms with van der Waals surface area (Å²) in [7, 11) is -0.741. The molecular weight excluding hydrogens is 1740 g/mol. The minimum Gasteiger partial charge on any atom is -0.465 e. The summed E-state index contributed by atoms with van der Waals surface area (Å²) in [6.07, 6.45) is 0.162. The van der Waals surface area contributed by atoms with Crippen LogP contribution in [0.15, 0.2) is 0 Å². The van der Waals surface area contributed by atoms with Gasteiger partial charge in [0.15, 0.2) is 17.6 Å². The van der Waals surface area contributed by atoms with Gasteiger partial charge in [0.05, 0.1) is 39.1 Å². The van der Waals surface area contributed by atoms with Crippen LogP contribution >= 0.6 is 0 Å². The molecule has 3 aliphatic rings. The molecule has 0 aromatic rings. The molecule has 5 atom stereocenters. The summed E-state index contributed by atoms with van der Waals surface area (Å²) in [6, 6.07) is 1.49. The van der Waals surface area contributed by atoms with Gasteiger partial charge < -0.3 is 62.2 Å². The largest absolute Gasteiger partial charge is 0.465 e. The predicted octanol–water partition coefficient (Wildman–Crippen LogP) is 26.6. The van der Waals surface area contributed by atoms with Crippen molar-refractivity contribution in [2.24, 2.45) is 49.7 Å². The fourth-order valence-electron chi connectivity index (χ4n) is 11.7. The van der Waals surface area contributed by atoms with E-state index in [9.17, 15) is 82.7 Å². The minimum absolute atomic E-state index is 0.00775. The standard InChI is InChI=1S/C19H33NO4.C17H31NO4.C14H28O2.C12H22F3NO2.C12H25NO2.2C9H15F3O2.C8H20Si/c1-5-18(3,4)16(21)23-15-9-13-20(14-10-15)17(22)24-19(6-2)11-7-8-12-19;1-7-16(3,4)14(19)21-13-9-11-18(12-10-13)15(20)22-17(5,6)8-2;1-6-9-10-12(7-2)11-16-13(15)14(4,5)8-3;1-5-11(4,12(13,14)15)10(17)18-9-8-16(6-2)7-3;1-6-12(4,5)11(14)15-10-9-13(7-2)8-3;2*1-5-8(3,4)7(13)14-6(2)9(10,11)12;1-6-8(2)7-9(3,4)5/h15H,5-14H2,1-4H3;13H,7-12H2,1-6H3;12H,6-11H2,1-5H3;5-9H2,1-4H3;6-10H2,1-5H3;2*6H,5H2,1-4H3;8H,6-7H2,1-5H3. The van der Waals surface area contributed by atoms with Gasteiger partial charge in [-0.3, -0.25) is 33.6 Å². The zero-order valence-electron chi connectivity index (χ0n) is 89.5. The van der Waals surface area contributed by atoms with Gasteiger partial charge in [0.1, 0.15) is 36.6 Å². The molecule has 0 aromatic carbocycles. The second kappa shape index (κ2) is 63.8. The number of halogens is 9. The second-order valence-corrected chi connectivity index (χ2v) is 46.7. The van der Waals surface area contributed by atoms with E-state index in [2.05, 4.69) is 82.5 Å². The summed E-state index contributed by atoms with van der Waals surface area (Å²) in [4.78, 5) is 114. The lowest BCUT2D eigenvalue weighted by Gasteiger charge is -2.36. The van der Waals surface area contributed by atoms with Crippen molar-refractivity contribution < 1.29 is 125 Å². The van der Waals surface area contributed by atoms with Crippen molar-refractivity contribution in [1.82, 2.24) is 19.6 Å². The first-order valence-corrected chi connectivity index (χ1v) is 52.9. The summed E-state index contributed by atoms with van der Waals surface area (Å²) in [5.74, 6) is -1.75. The number of amides is 2. The zero-order valence-corrected chi connectivity index (χ0v) is 90.5. The molecule has 0 aromatic heterocycles. The number of likely N-dealkylation sites (N-methyl/N-ethyl adjacent to an activating group) is 2. The van der Waals surface area contributed by atoms with Crippen LogP contribution in [-0.4, -0.2) is 221 Å². The quantitative estimate of drug-likeness (QED) is 0.0239. The van der Waals surface area contributed by atoms with Crippen LogP contribution in [-0.2, 0) is 76.2 Å². The molecule has 784 valence electrons. The van der Waals surface area contributed by atoms with E-state index in [0.29, 0.717) is 90.4 Å². The number of nitrogens with zero attached hydrogens (tertiary/aromatic N) is 4. The monoisotopic (exact) mass is 1930 g/mol. The highest BCUT2D eigenvalue weighted by atomic mass is 28.3. The minimum atomic E-state index is -4.58. The molecular formula is C100H189F9N4O18Si. The highest BCUT2D eigenvalue weighted by Gasteiger charge is 2.57. The van der Waals surface area contributed by atoms with Gasteiger partial charge in [0, 0.05) is 73.0 Å². The number of piperidine rings is 2. The van der Waals surface area contributed by atoms with E-state index in [-0.39, 0.29) is 77.7 Å². The third kappa shape index (κ3) is 55.1. The fraction of sp³-hybridized carbons (Fsp3) is 0.910. The van der Waals surface area contributed by atoms with E-state index in [1.54, 1.807) is 51.3 Å². The van der Waals surface area contributed by atoms with E-state index in [1.807, 2.05) is 123 Å². The molecule has 1 saturated carbocycles. The summed E-state index contributed by atoms with van der Waals surface area (Å²) >= 11 is 0. The Kier molecular flexibility index (Phi) is 65.1. The average Bonchev–Trinajstić information content (AvgIpc) is 0.818. The van der Waals surface area contributed by atoms with Crippen LogP contribution in [0.1, 0.15) is 377 Å².